The highest BCUT2D eigenvalue weighted by atomic mass is 32.1. The Morgan fingerprint density at radius 2 is 1.92 bits per heavy atom. The molecule has 2 heterocycles. The zero-order valence-corrected chi connectivity index (χ0v) is 16.3. The van der Waals surface area contributed by atoms with Crippen LogP contribution in [0.5, 0.6) is 5.75 Å². The lowest BCUT2D eigenvalue weighted by molar-refractivity contribution is -0.0263. The molecule has 5 heteroatoms. The number of methoxy groups -OCH3 is 1. The Kier molecular flexibility index (Phi) is 4.60. The second-order valence-corrected chi connectivity index (χ2v) is 8.73. The van der Waals surface area contributed by atoms with Gasteiger partial charge in [-0.15, -0.1) is 0 Å². The van der Waals surface area contributed by atoms with Crippen molar-refractivity contribution in [1.82, 2.24) is 14.9 Å². The topological polar surface area (TPSA) is 41.1 Å². The number of piperidine rings is 1. The third-order valence-electron chi connectivity index (χ3n) is 5.42. The van der Waals surface area contributed by atoms with Gasteiger partial charge in [-0.1, -0.05) is 0 Å². The minimum Gasteiger partial charge on any atom is -0.497 e. The first kappa shape index (κ1) is 17.6. The molecule has 0 radical (unpaired) electrons. The first-order chi connectivity index (χ1) is 11.2. The SMILES string of the molecule is COc1ccc2nc(C(S)CN3C(C)(C)CCCC3(C)C)[nH]c2c1. The number of aromatic nitrogens is 2. The first-order valence-corrected chi connectivity index (χ1v) is 9.24. The van der Waals surface area contributed by atoms with Crippen molar-refractivity contribution in [1.29, 1.82) is 0 Å². The summed E-state index contributed by atoms with van der Waals surface area (Å²) in [6, 6.07) is 5.92. The quantitative estimate of drug-likeness (QED) is 0.795. The molecule has 1 fully saturated rings. The minimum atomic E-state index is 0.0556. The van der Waals surface area contributed by atoms with E-state index < -0.39 is 0 Å². The molecule has 0 aliphatic carbocycles. The van der Waals surface area contributed by atoms with E-state index in [9.17, 15) is 0 Å². The Bertz CT molecular complexity index is 706. The van der Waals surface area contributed by atoms with Crippen LogP contribution in [0.15, 0.2) is 18.2 Å². The predicted molar refractivity (Wildman–Crippen MR) is 103 cm³/mol. The fourth-order valence-electron chi connectivity index (χ4n) is 4.09. The summed E-state index contributed by atoms with van der Waals surface area (Å²) < 4.78 is 5.29. The van der Waals surface area contributed by atoms with Crippen molar-refractivity contribution in [3.63, 3.8) is 0 Å². The third-order valence-corrected chi connectivity index (χ3v) is 5.82. The molecule has 0 spiro atoms. The maximum absolute atomic E-state index is 5.29. The number of fused-ring (bicyclic) bond motifs is 1. The summed E-state index contributed by atoms with van der Waals surface area (Å²) in [6.07, 6.45) is 3.75. The third kappa shape index (κ3) is 3.29. The molecule has 24 heavy (non-hydrogen) atoms. The minimum absolute atomic E-state index is 0.0556. The summed E-state index contributed by atoms with van der Waals surface area (Å²) in [4.78, 5) is 10.8. The van der Waals surface area contributed by atoms with Gasteiger partial charge in [0.2, 0.25) is 0 Å². The van der Waals surface area contributed by atoms with Gasteiger partial charge in [-0.25, -0.2) is 4.98 Å². The summed E-state index contributed by atoms with van der Waals surface area (Å²) in [6.45, 7) is 10.3. The van der Waals surface area contributed by atoms with Crippen molar-refractivity contribution in [2.45, 2.75) is 63.3 Å². The number of H-pyrrole nitrogens is 1. The molecule has 2 aromatic rings. The number of ether oxygens (including phenoxy) is 1. The van der Waals surface area contributed by atoms with Gasteiger partial charge in [0.1, 0.15) is 11.6 Å². The highest BCUT2D eigenvalue weighted by molar-refractivity contribution is 7.80. The molecule has 1 saturated heterocycles. The molecule has 3 rings (SSSR count). The average molecular weight is 348 g/mol. The highest BCUT2D eigenvalue weighted by Gasteiger charge is 2.41. The molecule has 1 aromatic heterocycles. The highest BCUT2D eigenvalue weighted by Crippen LogP contribution is 2.40. The fraction of sp³-hybridized carbons (Fsp3) is 0.632. The maximum atomic E-state index is 5.29. The monoisotopic (exact) mass is 347 g/mol. The van der Waals surface area contributed by atoms with E-state index in [1.165, 1.54) is 19.3 Å². The zero-order valence-electron chi connectivity index (χ0n) is 15.4. The summed E-state index contributed by atoms with van der Waals surface area (Å²) >= 11 is 4.88. The molecule has 4 nitrogen and oxygen atoms in total. The summed E-state index contributed by atoms with van der Waals surface area (Å²) in [5, 5.41) is 0.0556. The number of hydrogen-bond acceptors (Lipinski definition) is 4. The van der Waals surface area contributed by atoms with Crippen LogP contribution in [-0.2, 0) is 0 Å². The van der Waals surface area contributed by atoms with Crippen LogP contribution in [0.4, 0.5) is 0 Å². The van der Waals surface area contributed by atoms with Crippen molar-refractivity contribution < 1.29 is 4.74 Å². The molecule has 1 N–H and O–H groups in total. The number of likely N-dealkylation sites (tertiary alicyclic amines) is 1. The summed E-state index contributed by atoms with van der Waals surface area (Å²) in [7, 11) is 1.68. The van der Waals surface area contributed by atoms with Crippen LogP contribution in [0.25, 0.3) is 11.0 Å². The van der Waals surface area contributed by atoms with Gasteiger partial charge in [-0.2, -0.15) is 12.6 Å². The van der Waals surface area contributed by atoms with Crippen LogP contribution in [-0.4, -0.2) is 39.6 Å². The van der Waals surface area contributed by atoms with Crippen LogP contribution in [0.3, 0.4) is 0 Å². The lowest BCUT2D eigenvalue weighted by atomic mass is 9.79. The van der Waals surface area contributed by atoms with Crippen molar-refractivity contribution in [2.75, 3.05) is 13.7 Å². The molecule has 1 atom stereocenters. The number of thiol groups is 1. The smallest absolute Gasteiger partial charge is 0.121 e. The fourth-order valence-corrected chi connectivity index (χ4v) is 4.38. The van der Waals surface area contributed by atoms with E-state index >= 15 is 0 Å². The van der Waals surface area contributed by atoms with E-state index in [-0.39, 0.29) is 16.3 Å². The van der Waals surface area contributed by atoms with E-state index in [2.05, 4.69) is 37.6 Å². The molecule has 0 saturated carbocycles. The Labute approximate surface area is 150 Å². The van der Waals surface area contributed by atoms with E-state index in [0.29, 0.717) is 0 Å². The molecular formula is C19H29N3OS. The number of nitrogens with one attached hydrogen (secondary N) is 1. The lowest BCUT2D eigenvalue weighted by Crippen LogP contribution is -2.59. The number of benzene rings is 1. The van der Waals surface area contributed by atoms with Crippen LogP contribution in [0.1, 0.15) is 58.0 Å². The van der Waals surface area contributed by atoms with E-state index in [0.717, 1.165) is 29.2 Å². The Morgan fingerprint density at radius 3 is 2.54 bits per heavy atom. The van der Waals surface area contributed by atoms with Gasteiger partial charge in [0.15, 0.2) is 0 Å². The van der Waals surface area contributed by atoms with Crippen LogP contribution in [0.2, 0.25) is 0 Å². The first-order valence-electron chi connectivity index (χ1n) is 8.72. The zero-order chi connectivity index (χ0) is 17.5. The van der Waals surface area contributed by atoms with E-state index in [1.54, 1.807) is 7.11 Å². The lowest BCUT2D eigenvalue weighted by Gasteiger charge is -2.53. The molecule has 1 aliphatic rings. The molecule has 1 aromatic carbocycles. The van der Waals surface area contributed by atoms with E-state index in [4.69, 9.17) is 22.3 Å². The van der Waals surface area contributed by atoms with Gasteiger partial charge >= 0.3 is 0 Å². The summed E-state index contributed by atoms with van der Waals surface area (Å²) in [5.41, 5.74) is 2.35. The summed E-state index contributed by atoms with van der Waals surface area (Å²) in [5.74, 6) is 1.77. The number of hydrogen-bond donors (Lipinski definition) is 2. The van der Waals surface area contributed by atoms with Crippen LogP contribution < -0.4 is 4.74 Å². The maximum Gasteiger partial charge on any atom is 0.121 e. The van der Waals surface area contributed by atoms with Crippen molar-refractivity contribution in [3.8, 4) is 5.75 Å². The number of aromatic amines is 1. The van der Waals surface area contributed by atoms with E-state index in [1.807, 2.05) is 18.2 Å². The van der Waals surface area contributed by atoms with Crippen molar-refractivity contribution in [2.24, 2.45) is 0 Å². The average Bonchev–Trinajstić information content (AvgIpc) is 2.93. The van der Waals surface area contributed by atoms with Gasteiger partial charge in [0.05, 0.1) is 23.4 Å². The molecular weight excluding hydrogens is 318 g/mol. The molecule has 0 amide bonds. The van der Waals surface area contributed by atoms with Gasteiger partial charge in [0.25, 0.3) is 0 Å². The Hall–Kier alpha value is -1.20. The standard InChI is InChI=1S/C19H29N3OS/c1-18(2)9-6-10-19(3,4)22(18)12-16(24)17-20-14-8-7-13(23-5)11-15(14)21-17/h7-8,11,16,24H,6,9-10,12H2,1-5H3,(H,20,21). The number of imidazole rings is 1. The van der Waals surface area contributed by atoms with Gasteiger partial charge in [-0.3, -0.25) is 4.90 Å². The Balaban J connectivity index is 1.84. The van der Waals surface area contributed by atoms with Crippen molar-refractivity contribution >= 4 is 23.7 Å². The Morgan fingerprint density at radius 1 is 1.25 bits per heavy atom. The predicted octanol–water partition coefficient (Wildman–Crippen LogP) is 4.59. The number of rotatable bonds is 4. The molecule has 132 valence electrons. The van der Waals surface area contributed by atoms with Gasteiger partial charge in [0, 0.05) is 23.7 Å². The van der Waals surface area contributed by atoms with Crippen LogP contribution in [0, 0.1) is 0 Å². The second-order valence-electron chi connectivity index (χ2n) is 8.11. The normalized spacial score (nSPS) is 21.8. The van der Waals surface area contributed by atoms with Crippen molar-refractivity contribution in [3.05, 3.63) is 24.0 Å². The molecule has 1 aliphatic heterocycles. The molecule has 0 bridgehead atoms. The van der Waals surface area contributed by atoms with Gasteiger partial charge in [-0.05, 0) is 59.1 Å². The largest absolute Gasteiger partial charge is 0.497 e. The second kappa shape index (κ2) is 6.26. The van der Waals surface area contributed by atoms with Gasteiger partial charge < -0.3 is 9.72 Å². The number of nitrogens with zero attached hydrogens (tertiary/aromatic N) is 2. The van der Waals surface area contributed by atoms with Crippen LogP contribution >= 0.6 is 12.6 Å². The molecule has 1 unspecified atom stereocenters.